The number of rotatable bonds is 7. The van der Waals surface area contributed by atoms with Crippen molar-refractivity contribution < 1.29 is 13.2 Å². The van der Waals surface area contributed by atoms with E-state index in [1.54, 1.807) is 0 Å². The lowest BCUT2D eigenvalue weighted by atomic mass is 9.93. The third-order valence-electron chi connectivity index (χ3n) is 3.05. The molecule has 1 fully saturated rings. The Morgan fingerprint density at radius 3 is 2.47 bits per heavy atom. The first kappa shape index (κ1) is 18.6. The Morgan fingerprint density at radius 1 is 1.26 bits per heavy atom. The van der Waals surface area contributed by atoms with Gasteiger partial charge in [0.05, 0.1) is 6.26 Å². The van der Waals surface area contributed by atoms with Crippen molar-refractivity contribution in [1.29, 1.82) is 0 Å². The fraction of sp³-hybridized carbons (Fsp3) is 0.909. The van der Waals surface area contributed by atoms with E-state index >= 15 is 0 Å². The number of piperidine rings is 1. The summed E-state index contributed by atoms with van der Waals surface area (Å²) in [5, 5.41) is 6.01. The van der Waals surface area contributed by atoms with Gasteiger partial charge in [-0.25, -0.2) is 13.1 Å². The van der Waals surface area contributed by atoms with E-state index < -0.39 is 10.0 Å². The summed E-state index contributed by atoms with van der Waals surface area (Å²) in [7, 11) is -3.16. The minimum absolute atomic E-state index is 0. The Hall–Kier alpha value is -0.370. The van der Waals surface area contributed by atoms with Crippen LogP contribution in [0.1, 0.15) is 25.7 Å². The van der Waals surface area contributed by atoms with Crippen molar-refractivity contribution in [3.63, 3.8) is 0 Å². The fourth-order valence-corrected chi connectivity index (χ4v) is 2.51. The van der Waals surface area contributed by atoms with Crippen LogP contribution < -0.4 is 15.4 Å². The van der Waals surface area contributed by atoms with Crippen molar-refractivity contribution in [1.82, 2.24) is 15.4 Å². The molecule has 0 spiro atoms. The summed E-state index contributed by atoms with van der Waals surface area (Å²) in [6.07, 6.45) is 4.84. The van der Waals surface area contributed by atoms with Gasteiger partial charge < -0.3 is 10.6 Å². The maximum atomic E-state index is 11.5. The van der Waals surface area contributed by atoms with E-state index in [1.165, 1.54) is 0 Å². The maximum absolute atomic E-state index is 11.5. The van der Waals surface area contributed by atoms with Gasteiger partial charge in [-0.3, -0.25) is 4.79 Å². The molecular weight excluding hydrogens is 290 g/mol. The van der Waals surface area contributed by atoms with Crippen molar-refractivity contribution in [3.8, 4) is 0 Å². The van der Waals surface area contributed by atoms with Crippen LogP contribution in [0.4, 0.5) is 0 Å². The van der Waals surface area contributed by atoms with Crippen molar-refractivity contribution in [2.75, 3.05) is 32.4 Å². The van der Waals surface area contributed by atoms with E-state index in [0.29, 0.717) is 18.9 Å². The molecule has 0 bridgehead atoms. The first-order valence-electron chi connectivity index (χ1n) is 6.39. The van der Waals surface area contributed by atoms with Crippen LogP contribution in [-0.2, 0) is 14.8 Å². The Morgan fingerprint density at radius 2 is 1.89 bits per heavy atom. The molecule has 3 N–H and O–H groups in total. The van der Waals surface area contributed by atoms with Gasteiger partial charge in [0.15, 0.2) is 0 Å². The zero-order valence-electron chi connectivity index (χ0n) is 11.3. The van der Waals surface area contributed by atoms with Gasteiger partial charge >= 0.3 is 0 Å². The van der Waals surface area contributed by atoms with Gasteiger partial charge in [0.25, 0.3) is 0 Å². The van der Waals surface area contributed by atoms with Crippen LogP contribution in [0, 0.1) is 5.92 Å². The van der Waals surface area contributed by atoms with Crippen molar-refractivity contribution in [2.24, 2.45) is 5.92 Å². The zero-order chi connectivity index (χ0) is 13.4. The number of carbonyl (C=O) groups excluding carboxylic acids is 1. The Labute approximate surface area is 121 Å². The van der Waals surface area contributed by atoms with Crippen LogP contribution >= 0.6 is 12.4 Å². The molecular formula is C11H24ClN3O3S. The van der Waals surface area contributed by atoms with Crippen molar-refractivity contribution in [3.05, 3.63) is 0 Å². The number of hydrogen-bond donors (Lipinski definition) is 3. The summed E-state index contributed by atoms with van der Waals surface area (Å²) in [6, 6.07) is 0. The zero-order valence-corrected chi connectivity index (χ0v) is 12.9. The Kier molecular flexibility index (Phi) is 9.34. The predicted molar refractivity (Wildman–Crippen MR) is 77.9 cm³/mol. The largest absolute Gasteiger partial charge is 0.355 e. The normalized spacial score (nSPS) is 16.7. The van der Waals surface area contributed by atoms with Gasteiger partial charge in [0, 0.05) is 19.5 Å². The molecule has 1 heterocycles. The molecule has 1 aliphatic rings. The van der Waals surface area contributed by atoms with Crippen LogP contribution in [0.2, 0.25) is 0 Å². The lowest BCUT2D eigenvalue weighted by molar-refractivity contribution is -0.121. The number of carbonyl (C=O) groups is 1. The van der Waals surface area contributed by atoms with Crippen LogP contribution in [-0.4, -0.2) is 46.8 Å². The highest BCUT2D eigenvalue weighted by Crippen LogP contribution is 2.17. The molecule has 0 unspecified atom stereocenters. The minimum atomic E-state index is -3.16. The summed E-state index contributed by atoms with van der Waals surface area (Å²) < 4.78 is 23.9. The summed E-state index contributed by atoms with van der Waals surface area (Å²) in [6.45, 7) is 2.69. The van der Waals surface area contributed by atoms with Crippen molar-refractivity contribution >= 4 is 28.3 Å². The molecule has 0 atom stereocenters. The highest BCUT2D eigenvalue weighted by molar-refractivity contribution is 7.88. The Bertz CT molecular complexity index is 356. The highest BCUT2D eigenvalue weighted by Gasteiger charge is 2.14. The Balaban J connectivity index is 0.00000324. The second kappa shape index (κ2) is 9.52. The fourth-order valence-electron chi connectivity index (χ4n) is 2.03. The van der Waals surface area contributed by atoms with Crippen molar-refractivity contribution in [2.45, 2.75) is 25.7 Å². The lowest BCUT2D eigenvalue weighted by Gasteiger charge is -2.22. The average molecular weight is 314 g/mol. The first-order valence-corrected chi connectivity index (χ1v) is 8.28. The van der Waals surface area contributed by atoms with E-state index in [1.807, 2.05) is 0 Å². The highest BCUT2D eigenvalue weighted by atomic mass is 35.5. The lowest BCUT2D eigenvalue weighted by Crippen LogP contribution is -2.34. The monoisotopic (exact) mass is 313 g/mol. The van der Waals surface area contributed by atoms with Crippen LogP contribution in [0.15, 0.2) is 0 Å². The minimum Gasteiger partial charge on any atom is -0.355 e. The van der Waals surface area contributed by atoms with E-state index in [9.17, 15) is 13.2 Å². The maximum Gasteiger partial charge on any atom is 0.220 e. The summed E-state index contributed by atoms with van der Waals surface area (Å²) in [5.74, 6) is 0.648. The van der Waals surface area contributed by atoms with E-state index in [2.05, 4.69) is 15.4 Å². The summed E-state index contributed by atoms with van der Waals surface area (Å²) in [5.41, 5.74) is 0. The molecule has 1 amide bonds. The predicted octanol–water partition coefficient (Wildman–Crippen LogP) is -0.147. The first-order chi connectivity index (χ1) is 8.47. The van der Waals surface area contributed by atoms with Gasteiger partial charge in [-0.1, -0.05) is 0 Å². The molecule has 1 saturated heterocycles. The molecule has 6 nitrogen and oxygen atoms in total. The molecule has 0 aromatic carbocycles. The molecule has 1 aliphatic heterocycles. The van der Waals surface area contributed by atoms with Gasteiger partial charge in [-0.2, -0.15) is 0 Å². The average Bonchev–Trinajstić information content (AvgIpc) is 2.32. The molecule has 0 aromatic heterocycles. The van der Waals surface area contributed by atoms with Crippen LogP contribution in [0.3, 0.4) is 0 Å². The van der Waals surface area contributed by atoms with Gasteiger partial charge in [0.1, 0.15) is 0 Å². The second-order valence-electron chi connectivity index (χ2n) is 4.75. The third kappa shape index (κ3) is 10.1. The molecule has 0 aromatic rings. The molecule has 0 aliphatic carbocycles. The summed E-state index contributed by atoms with van der Waals surface area (Å²) >= 11 is 0. The number of sulfonamides is 1. The smallest absolute Gasteiger partial charge is 0.220 e. The van der Waals surface area contributed by atoms with Crippen LogP contribution in [0.5, 0.6) is 0 Å². The second-order valence-corrected chi connectivity index (χ2v) is 6.58. The molecule has 8 heteroatoms. The number of amides is 1. The van der Waals surface area contributed by atoms with E-state index in [-0.39, 0.29) is 24.9 Å². The van der Waals surface area contributed by atoms with Gasteiger partial charge in [-0.15, -0.1) is 12.4 Å². The van der Waals surface area contributed by atoms with Gasteiger partial charge in [0.2, 0.25) is 15.9 Å². The molecule has 114 valence electrons. The number of nitrogens with one attached hydrogen (secondary N) is 3. The third-order valence-corrected chi connectivity index (χ3v) is 3.78. The van der Waals surface area contributed by atoms with E-state index in [0.717, 1.165) is 38.6 Å². The molecule has 0 radical (unpaired) electrons. The standard InChI is InChI=1S/C11H23N3O3S.ClH/c1-18(16,17)14-9-8-13-11(15)3-2-10-4-6-12-7-5-10;/h10,12,14H,2-9H2,1H3,(H,13,15);1H. The van der Waals surface area contributed by atoms with E-state index in [4.69, 9.17) is 0 Å². The quantitative estimate of drug-likeness (QED) is 0.571. The number of hydrogen-bond acceptors (Lipinski definition) is 4. The summed E-state index contributed by atoms with van der Waals surface area (Å²) in [4.78, 5) is 11.5. The topological polar surface area (TPSA) is 87.3 Å². The molecule has 0 saturated carbocycles. The number of halogens is 1. The molecule has 19 heavy (non-hydrogen) atoms. The van der Waals surface area contributed by atoms with Gasteiger partial charge in [-0.05, 0) is 38.3 Å². The van der Waals surface area contributed by atoms with Crippen LogP contribution in [0.25, 0.3) is 0 Å². The molecule has 1 rings (SSSR count). The SMILES string of the molecule is CS(=O)(=O)NCCNC(=O)CCC1CCNCC1.Cl.